The molecular formula is C19H20FNO2. The molecule has 1 amide bonds. The van der Waals surface area contributed by atoms with Crippen LogP contribution >= 0.6 is 0 Å². The fraction of sp³-hybridized carbons (Fsp3) is 0.316. The molecule has 1 N–H and O–H groups in total. The topological polar surface area (TPSA) is 38.3 Å². The van der Waals surface area contributed by atoms with Crippen LogP contribution in [0.1, 0.15) is 36.3 Å². The lowest BCUT2D eigenvalue weighted by Gasteiger charge is -2.14. The molecule has 0 aromatic heterocycles. The van der Waals surface area contributed by atoms with Gasteiger partial charge in [-0.3, -0.25) is 0 Å². The number of benzene rings is 2. The summed E-state index contributed by atoms with van der Waals surface area (Å²) in [6.45, 7) is 0.271. The molecule has 0 bridgehead atoms. The Balaban J connectivity index is 1.47. The third-order valence-electron chi connectivity index (χ3n) is 4.29. The van der Waals surface area contributed by atoms with Crippen LogP contribution in [0.5, 0.6) is 0 Å². The number of rotatable bonds is 4. The van der Waals surface area contributed by atoms with Gasteiger partial charge >= 0.3 is 6.09 Å². The molecule has 0 spiro atoms. The number of nitrogens with one attached hydrogen (secondary N) is 1. The van der Waals surface area contributed by atoms with Crippen LogP contribution in [0.15, 0.2) is 54.6 Å². The molecule has 1 aliphatic rings. The number of ether oxygens (including phenoxy) is 1. The van der Waals surface area contributed by atoms with Crippen LogP contribution in [0.25, 0.3) is 0 Å². The van der Waals surface area contributed by atoms with Crippen molar-refractivity contribution < 1.29 is 13.9 Å². The van der Waals surface area contributed by atoms with Crippen molar-refractivity contribution in [1.82, 2.24) is 5.32 Å². The number of hydrogen-bond acceptors (Lipinski definition) is 2. The van der Waals surface area contributed by atoms with Crippen LogP contribution in [0.3, 0.4) is 0 Å². The van der Waals surface area contributed by atoms with Gasteiger partial charge in [0, 0.05) is 6.04 Å². The molecular weight excluding hydrogens is 293 g/mol. The summed E-state index contributed by atoms with van der Waals surface area (Å²) in [6, 6.07) is 16.4. The summed E-state index contributed by atoms with van der Waals surface area (Å²) < 4.78 is 18.5. The molecule has 4 heteroatoms. The van der Waals surface area contributed by atoms with Gasteiger partial charge in [0.2, 0.25) is 0 Å². The zero-order chi connectivity index (χ0) is 16.1. The molecule has 0 unspecified atom stereocenters. The Morgan fingerprint density at radius 1 is 1.13 bits per heavy atom. The Bertz CT molecular complexity index is 659. The van der Waals surface area contributed by atoms with Crippen molar-refractivity contribution in [2.75, 3.05) is 0 Å². The van der Waals surface area contributed by atoms with Gasteiger partial charge in [0.1, 0.15) is 12.4 Å². The summed E-state index contributed by atoms with van der Waals surface area (Å²) in [5.74, 6) is 0.0892. The predicted octanol–water partition coefficient (Wildman–Crippen LogP) is 4.39. The summed E-state index contributed by atoms with van der Waals surface area (Å²) in [6.07, 6.45) is 2.28. The van der Waals surface area contributed by atoms with Crippen LogP contribution in [-0.2, 0) is 11.3 Å². The minimum absolute atomic E-state index is 0.0894. The van der Waals surface area contributed by atoms with E-state index in [1.807, 2.05) is 36.4 Å². The first-order chi connectivity index (χ1) is 11.2. The van der Waals surface area contributed by atoms with Gasteiger partial charge in [0.05, 0.1) is 0 Å². The third kappa shape index (κ3) is 4.31. The van der Waals surface area contributed by atoms with E-state index in [0.29, 0.717) is 5.92 Å². The molecule has 1 saturated carbocycles. The second kappa shape index (κ2) is 7.27. The van der Waals surface area contributed by atoms with Gasteiger partial charge in [-0.25, -0.2) is 9.18 Å². The Kier molecular flexibility index (Phi) is 4.91. The van der Waals surface area contributed by atoms with E-state index in [9.17, 15) is 9.18 Å². The average molecular weight is 313 g/mol. The van der Waals surface area contributed by atoms with Crippen molar-refractivity contribution in [2.24, 2.45) is 0 Å². The number of carbonyl (C=O) groups excluding carboxylic acids is 1. The number of hydrogen-bond donors (Lipinski definition) is 1. The molecule has 0 heterocycles. The first kappa shape index (κ1) is 15.5. The molecule has 2 atom stereocenters. The third-order valence-corrected chi connectivity index (χ3v) is 4.29. The summed E-state index contributed by atoms with van der Waals surface area (Å²) in [5.41, 5.74) is 1.97. The lowest BCUT2D eigenvalue weighted by Crippen LogP contribution is -2.33. The Morgan fingerprint density at radius 3 is 2.74 bits per heavy atom. The molecule has 2 aromatic rings. The molecule has 3 rings (SSSR count). The van der Waals surface area contributed by atoms with Gasteiger partial charge in [-0.05, 0) is 48.4 Å². The normalized spacial score (nSPS) is 20.2. The molecule has 3 nitrogen and oxygen atoms in total. The van der Waals surface area contributed by atoms with Crippen molar-refractivity contribution in [2.45, 2.75) is 37.8 Å². The van der Waals surface area contributed by atoms with E-state index in [2.05, 4.69) is 5.32 Å². The van der Waals surface area contributed by atoms with Crippen LogP contribution in [0.4, 0.5) is 9.18 Å². The summed E-state index contributed by atoms with van der Waals surface area (Å²) >= 11 is 0. The molecule has 1 aliphatic carbocycles. The summed E-state index contributed by atoms with van der Waals surface area (Å²) in [5, 5.41) is 2.91. The fourth-order valence-corrected chi connectivity index (χ4v) is 3.11. The lowest BCUT2D eigenvalue weighted by molar-refractivity contribution is 0.135. The smallest absolute Gasteiger partial charge is 0.407 e. The highest BCUT2D eigenvalue weighted by Crippen LogP contribution is 2.34. The molecule has 0 radical (unpaired) electrons. The SMILES string of the molecule is O=C(N[C@H]1CC[C@H](c2cccc(F)c2)C1)OCc1ccccc1. The van der Waals surface area contributed by atoms with E-state index in [4.69, 9.17) is 4.74 Å². The highest BCUT2D eigenvalue weighted by Gasteiger charge is 2.27. The number of halogens is 1. The quantitative estimate of drug-likeness (QED) is 0.909. The van der Waals surface area contributed by atoms with Crippen molar-refractivity contribution in [3.8, 4) is 0 Å². The maximum atomic E-state index is 13.3. The van der Waals surface area contributed by atoms with E-state index >= 15 is 0 Å². The molecule has 0 saturated heterocycles. The van der Waals surface area contributed by atoms with Crippen LogP contribution < -0.4 is 5.32 Å². The monoisotopic (exact) mass is 313 g/mol. The minimum atomic E-state index is -0.390. The predicted molar refractivity (Wildman–Crippen MR) is 86.5 cm³/mol. The Labute approximate surface area is 135 Å². The zero-order valence-electron chi connectivity index (χ0n) is 12.9. The molecule has 2 aromatic carbocycles. The van der Waals surface area contributed by atoms with E-state index in [1.165, 1.54) is 6.07 Å². The molecule has 23 heavy (non-hydrogen) atoms. The maximum Gasteiger partial charge on any atom is 0.407 e. The minimum Gasteiger partial charge on any atom is -0.445 e. The lowest BCUT2D eigenvalue weighted by atomic mass is 9.97. The van der Waals surface area contributed by atoms with E-state index in [0.717, 1.165) is 30.4 Å². The number of carbonyl (C=O) groups is 1. The largest absolute Gasteiger partial charge is 0.445 e. The molecule has 120 valence electrons. The zero-order valence-corrected chi connectivity index (χ0v) is 12.9. The van der Waals surface area contributed by atoms with Gasteiger partial charge in [-0.15, -0.1) is 0 Å². The summed E-state index contributed by atoms with van der Waals surface area (Å²) in [7, 11) is 0. The molecule has 1 fully saturated rings. The average Bonchev–Trinajstić information content (AvgIpc) is 3.02. The highest BCUT2D eigenvalue weighted by molar-refractivity contribution is 5.67. The van der Waals surface area contributed by atoms with E-state index < -0.39 is 6.09 Å². The van der Waals surface area contributed by atoms with Gasteiger partial charge < -0.3 is 10.1 Å². The van der Waals surface area contributed by atoms with E-state index in [-0.39, 0.29) is 18.5 Å². The van der Waals surface area contributed by atoms with Crippen LogP contribution in [0, 0.1) is 5.82 Å². The van der Waals surface area contributed by atoms with E-state index in [1.54, 1.807) is 12.1 Å². The van der Waals surface area contributed by atoms with Crippen molar-refractivity contribution in [3.05, 3.63) is 71.5 Å². The van der Waals surface area contributed by atoms with Crippen LogP contribution in [0.2, 0.25) is 0 Å². The second-order valence-electron chi connectivity index (χ2n) is 5.97. The fourth-order valence-electron chi connectivity index (χ4n) is 3.11. The second-order valence-corrected chi connectivity index (χ2v) is 5.97. The van der Waals surface area contributed by atoms with Crippen molar-refractivity contribution >= 4 is 6.09 Å². The molecule has 0 aliphatic heterocycles. The number of alkyl carbamates (subject to hydrolysis) is 1. The van der Waals surface area contributed by atoms with Gasteiger partial charge in [-0.1, -0.05) is 42.5 Å². The summed E-state index contributed by atoms with van der Waals surface area (Å²) in [4.78, 5) is 11.9. The Morgan fingerprint density at radius 2 is 1.96 bits per heavy atom. The van der Waals surface area contributed by atoms with Crippen LogP contribution in [-0.4, -0.2) is 12.1 Å². The maximum absolute atomic E-state index is 13.3. The van der Waals surface area contributed by atoms with Crippen molar-refractivity contribution in [3.63, 3.8) is 0 Å². The highest BCUT2D eigenvalue weighted by atomic mass is 19.1. The van der Waals surface area contributed by atoms with Gasteiger partial charge in [0.15, 0.2) is 0 Å². The van der Waals surface area contributed by atoms with Gasteiger partial charge in [-0.2, -0.15) is 0 Å². The van der Waals surface area contributed by atoms with Gasteiger partial charge in [0.25, 0.3) is 0 Å². The Hall–Kier alpha value is -2.36. The van der Waals surface area contributed by atoms with Crippen molar-refractivity contribution in [1.29, 1.82) is 0 Å². The first-order valence-electron chi connectivity index (χ1n) is 7.93. The first-order valence-corrected chi connectivity index (χ1v) is 7.93. The number of amides is 1. The standard InChI is InChI=1S/C19H20FNO2/c20-17-8-4-7-15(11-17)16-9-10-18(12-16)21-19(22)23-13-14-5-2-1-3-6-14/h1-8,11,16,18H,9-10,12-13H2,(H,21,22)/t16-,18-/m0/s1.